The number of likely N-dealkylation sites (tertiary alicyclic amines) is 1. The van der Waals surface area contributed by atoms with Crippen LogP contribution in [0.15, 0.2) is 60.7 Å². The molecule has 0 radical (unpaired) electrons. The third-order valence-corrected chi connectivity index (χ3v) is 5.63. The Morgan fingerprint density at radius 3 is 2.44 bits per heavy atom. The predicted molar refractivity (Wildman–Crippen MR) is 103 cm³/mol. The zero-order valence-electron chi connectivity index (χ0n) is 14.6. The summed E-state index contributed by atoms with van der Waals surface area (Å²) in [6.07, 6.45) is 0.949. The van der Waals surface area contributed by atoms with E-state index in [1.54, 1.807) is 11.8 Å². The molecule has 1 unspecified atom stereocenters. The Balaban J connectivity index is 1.40. The summed E-state index contributed by atoms with van der Waals surface area (Å²) in [6.45, 7) is 4.68. The largest absolute Gasteiger partial charge is 0.460 e. The van der Waals surface area contributed by atoms with Crippen molar-refractivity contribution in [2.24, 2.45) is 0 Å². The topological polar surface area (TPSA) is 29.5 Å². The lowest BCUT2D eigenvalue weighted by Crippen LogP contribution is -2.27. The maximum atomic E-state index is 12.3. The molecular weight excluding hydrogens is 330 g/mol. The van der Waals surface area contributed by atoms with Crippen LogP contribution in [0.5, 0.6) is 0 Å². The van der Waals surface area contributed by atoms with E-state index in [4.69, 9.17) is 4.74 Å². The molecule has 0 bridgehead atoms. The van der Waals surface area contributed by atoms with Gasteiger partial charge in [0.05, 0.1) is 5.25 Å². The van der Waals surface area contributed by atoms with Crippen LogP contribution in [0.25, 0.3) is 0 Å². The minimum absolute atomic E-state index is 0.0241. The molecule has 1 aliphatic rings. The normalized spacial score (nSPS) is 18.8. The highest BCUT2D eigenvalue weighted by Gasteiger charge is 2.27. The molecule has 3 nitrogen and oxygen atoms in total. The second-order valence-electron chi connectivity index (χ2n) is 6.51. The van der Waals surface area contributed by atoms with Crippen molar-refractivity contribution in [3.05, 3.63) is 71.8 Å². The van der Waals surface area contributed by atoms with E-state index in [0.717, 1.165) is 31.8 Å². The summed E-state index contributed by atoms with van der Waals surface area (Å²) in [7, 11) is 0. The van der Waals surface area contributed by atoms with Crippen LogP contribution in [0.2, 0.25) is 0 Å². The van der Waals surface area contributed by atoms with Crippen molar-refractivity contribution in [2.45, 2.75) is 37.0 Å². The Morgan fingerprint density at radius 2 is 1.76 bits per heavy atom. The number of benzene rings is 2. The molecule has 0 N–H and O–H groups in total. The fraction of sp³-hybridized carbons (Fsp3) is 0.381. The Labute approximate surface area is 154 Å². The summed E-state index contributed by atoms with van der Waals surface area (Å²) < 4.78 is 5.73. The van der Waals surface area contributed by atoms with Gasteiger partial charge >= 0.3 is 5.97 Å². The molecule has 0 spiro atoms. The molecule has 2 atom stereocenters. The molecule has 4 heteroatoms. The smallest absolute Gasteiger partial charge is 0.319 e. The van der Waals surface area contributed by atoms with Gasteiger partial charge in [-0.2, -0.15) is 0 Å². The van der Waals surface area contributed by atoms with Gasteiger partial charge in [-0.25, -0.2) is 0 Å². The van der Waals surface area contributed by atoms with Gasteiger partial charge < -0.3 is 4.74 Å². The van der Waals surface area contributed by atoms with Crippen LogP contribution in [0, 0.1) is 0 Å². The summed E-state index contributed by atoms with van der Waals surface area (Å²) >= 11 is 1.64. The summed E-state index contributed by atoms with van der Waals surface area (Å²) in [6, 6.07) is 20.7. The van der Waals surface area contributed by atoms with Crippen LogP contribution < -0.4 is 0 Å². The van der Waals surface area contributed by atoms with Crippen molar-refractivity contribution in [1.29, 1.82) is 0 Å². The first-order chi connectivity index (χ1) is 12.2. The Kier molecular flexibility index (Phi) is 6.54. The lowest BCUT2D eigenvalue weighted by Gasteiger charge is -2.18. The number of hydrogen-bond acceptors (Lipinski definition) is 4. The number of carbonyl (C=O) groups excluding carboxylic acids is 1. The first-order valence-electron chi connectivity index (χ1n) is 8.83. The van der Waals surface area contributed by atoms with Crippen LogP contribution in [0.3, 0.4) is 0 Å². The minimum atomic E-state index is -0.136. The van der Waals surface area contributed by atoms with Crippen molar-refractivity contribution < 1.29 is 9.53 Å². The molecule has 1 saturated heterocycles. The molecule has 0 aliphatic carbocycles. The van der Waals surface area contributed by atoms with Gasteiger partial charge in [-0.1, -0.05) is 60.7 Å². The molecule has 3 rings (SSSR count). The third kappa shape index (κ3) is 5.62. The highest BCUT2D eigenvalue weighted by atomic mass is 32.2. The maximum Gasteiger partial charge on any atom is 0.319 e. The summed E-state index contributed by atoms with van der Waals surface area (Å²) in [5.74, 6) is 0.745. The quantitative estimate of drug-likeness (QED) is 0.699. The lowest BCUT2D eigenvalue weighted by atomic mass is 10.2. The van der Waals surface area contributed by atoms with E-state index in [1.165, 1.54) is 11.1 Å². The van der Waals surface area contributed by atoms with Crippen LogP contribution in [0.4, 0.5) is 0 Å². The number of carbonyl (C=O) groups is 1. The maximum absolute atomic E-state index is 12.3. The van der Waals surface area contributed by atoms with Gasteiger partial charge in [0.25, 0.3) is 0 Å². The molecule has 2 aromatic carbocycles. The minimum Gasteiger partial charge on any atom is -0.460 e. The van der Waals surface area contributed by atoms with E-state index in [9.17, 15) is 4.79 Å². The Morgan fingerprint density at radius 1 is 1.12 bits per heavy atom. The molecular formula is C21H25NO2S. The molecule has 0 aromatic heterocycles. The monoisotopic (exact) mass is 355 g/mol. The summed E-state index contributed by atoms with van der Waals surface area (Å²) in [4.78, 5) is 14.7. The molecule has 2 aromatic rings. The van der Waals surface area contributed by atoms with Crippen LogP contribution >= 0.6 is 11.8 Å². The lowest BCUT2D eigenvalue weighted by molar-refractivity contribution is -0.147. The van der Waals surface area contributed by atoms with Crippen molar-refractivity contribution in [3.63, 3.8) is 0 Å². The molecule has 0 saturated carbocycles. The van der Waals surface area contributed by atoms with Crippen LogP contribution in [-0.2, 0) is 21.8 Å². The first kappa shape index (κ1) is 18.0. The molecule has 1 heterocycles. The number of ether oxygens (including phenoxy) is 1. The first-order valence-corrected chi connectivity index (χ1v) is 9.88. The van der Waals surface area contributed by atoms with Crippen molar-refractivity contribution in [2.75, 3.05) is 13.1 Å². The highest BCUT2D eigenvalue weighted by molar-refractivity contribution is 7.99. The van der Waals surface area contributed by atoms with Gasteiger partial charge in [-0.15, -0.1) is 11.8 Å². The molecule has 132 valence electrons. The van der Waals surface area contributed by atoms with Gasteiger partial charge in [-0.05, 0) is 24.5 Å². The van der Waals surface area contributed by atoms with E-state index < -0.39 is 0 Å². The second-order valence-corrected chi connectivity index (χ2v) is 7.84. The number of hydrogen-bond donors (Lipinski definition) is 0. The SMILES string of the molecule is CC(SCc1ccccc1)C(=O)O[C@@H]1CCN(Cc2ccccc2)C1. The molecule has 25 heavy (non-hydrogen) atoms. The number of rotatable bonds is 7. The fourth-order valence-corrected chi connectivity index (χ4v) is 3.83. The Bertz CT molecular complexity index is 662. The fourth-order valence-electron chi connectivity index (χ4n) is 3.00. The van der Waals surface area contributed by atoms with Crippen LogP contribution in [0.1, 0.15) is 24.5 Å². The molecule has 1 aliphatic heterocycles. The zero-order chi connectivity index (χ0) is 17.5. The van der Waals surface area contributed by atoms with Gasteiger partial charge in [-0.3, -0.25) is 9.69 Å². The molecule has 0 amide bonds. The standard InChI is InChI=1S/C21H25NO2S/c1-17(25-16-19-10-6-3-7-11-19)21(23)24-20-12-13-22(15-20)14-18-8-4-2-5-9-18/h2-11,17,20H,12-16H2,1H3/t17?,20-/m1/s1. The van der Waals surface area contributed by atoms with E-state index in [0.29, 0.717) is 0 Å². The summed E-state index contributed by atoms with van der Waals surface area (Å²) in [5.41, 5.74) is 2.54. The van der Waals surface area contributed by atoms with Crippen LogP contribution in [-0.4, -0.2) is 35.3 Å². The van der Waals surface area contributed by atoms with Crippen molar-refractivity contribution >= 4 is 17.7 Å². The van der Waals surface area contributed by atoms with Gasteiger partial charge in [0.15, 0.2) is 0 Å². The Hall–Kier alpha value is -1.78. The third-order valence-electron chi connectivity index (χ3n) is 4.44. The van der Waals surface area contributed by atoms with Gasteiger partial charge in [0.1, 0.15) is 6.10 Å². The van der Waals surface area contributed by atoms with Crippen molar-refractivity contribution in [3.8, 4) is 0 Å². The number of nitrogens with zero attached hydrogens (tertiary/aromatic N) is 1. The van der Waals surface area contributed by atoms with E-state index >= 15 is 0 Å². The summed E-state index contributed by atoms with van der Waals surface area (Å²) in [5, 5.41) is -0.136. The average molecular weight is 356 g/mol. The second kappa shape index (κ2) is 9.07. The van der Waals surface area contributed by atoms with Crippen molar-refractivity contribution in [1.82, 2.24) is 4.90 Å². The van der Waals surface area contributed by atoms with E-state index in [-0.39, 0.29) is 17.3 Å². The number of esters is 1. The zero-order valence-corrected chi connectivity index (χ0v) is 15.5. The number of thioether (sulfide) groups is 1. The van der Waals surface area contributed by atoms with E-state index in [2.05, 4.69) is 41.3 Å². The average Bonchev–Trinajstić information content (AvgIpc) is 3.08. The predicted octanol–water partition coefficient (Wildman–Crippen LogP) is 4.13. The highest BCUT2D eigenvalue weighted by Crippen LogP contribution is 2.21. The van der Waals surface area contributed by atoms with Gasteiger partial charge in [0.2, 0.25) is 0 Å². The molecule has 1 fully saturated rings. The van der Waals surface area contributed by atoms with Gasteiger partial charge in [0, 0.05) is 25.4 Å². The van der Waals surface area contributed by atoms with E-state index in [1.807, 2.05) is 31.2 Å².